The number of aromatic nitrogens is 3. The van der Waals surface area contributed by atoms with Gasteiger partial charge in [0, 0.05) is 17.2 Å². The van der Waals surface area contributed by atoms with Crippen LogP contribution in [0.3, 0.4) is 0 Å². The van der Waals surface area contributed by atoms with E-state index < -0.39 is 0 Å². The Morgan fingerprint density at radius 3 is 1.91 bits per heavy atom. The van der Waals surface area contributed by atoms with Gasteiger partial charge in [-0.25, -0.2) is 15.0 Å². The van der Waals surface area contributed by atoms with Gasteiger partial charge in [0.2, 0.25) is 0 Å². The number of phenolic OH excluding ortho intramolecular Hbond substituents is 1. The Bertz CT molecular complexity index is 1440. The summed E-state index contributed by atoms with van der Waals surface area (Å²) in [4.78, 5) is 14.5. The molecule has 1 aromatic heterocycles. The van der Waals surface area contributed by atoms with Crippen molar-refractivity contribution in [3.63, 3.8) is 0 Å². The molecule has 0 unspecified atom stereocenters. The predicted molar refractivity (Wildman–Crippen MR) is 136 cm³/mol. The monoisotopic (exact) mass is 449 g/mol. The van der Waals surface area contributed by atoms with Crippen LogP contribution in [-0.2, 0) is 0 Å². The molecule has 5 nitrogen and oxygen atoms in total. The summed E-state index contributed by atoms with van der Waals surface area (Å²) in [6.07, 6.45) is 3.28. The Morgan fingerprint density at radius 1 is 0.765 bits per heavy atom. The predicted octanol–water partition coefficient (Wildman–Crippen LogP) is 6.69. The highest BCUT2D eigenvalue weighted by molar-refractivity contribution is 5.80. The molecule has 0 saturated carbocycles. The Kier molecular flexibility index (Phi) is 5.62. The van der Waals surface area contributed by atoms with Crippen LogP contribution in [0, 0.1) is 20.8 Å². The third-order valence-corrected chi connectivity index (χ3v) is 6.03. The van der Waals surface area contributed by atoms with Crippen molar-refractivity contribution in [2.45, 2.75) is 34.1 Å². The zero-order valence-electron chi connectivity index (χ0n) is 19.9. The normalized spacial score (nSPS) is 12.4. The molecule has 0 spiro atoms. The lowest BCUT2D eigenvalue weighted by Crippen LogP contribution is -2.02. The Hall–Kier alpha value is -3.99. The molecule has 34 heavy (non-hydrogen) atoms. The number of phenols is 1. The summed E-state index contributed by atoms with van der Waals surface area (Å²) < 4.78 is 5.52. The van der Waals surface area contributed by atoms with Gasteiger partial charge in [-0.15, -0.1) is 0 Å². The van der Waals surface area contributed by atoms with Crippen LogP contribution in [0.4, 0.5) is 0 Å². The third-order valence-electron chi connectivity index (χ3n) is 6.03. The summed E-state index contributed by atoms with van der Waals surface area (Å²) in [7, 11) is 0. The first-order valence-electron chi connectivity index (χ1n) is 11.5. The number of benzene rings is 3. The number of ether oxygens (including phenoxy) is 1. The molecule has 0 bridgehead atoms. The van der Waals surface area contributed by atoms with Gasteiger partial charge in [0.25, 0.3) is 0 Å². The molecule has 3 aromatic carbocycles. The van der Waals surface area contributed by atoms with E-state index in [1.807, 2.05) is 19.1 Å². The largest absolute Gasteiger partial charge is 0.507 e. The second-order valence-corrected chi connectivity index (χ2v) is 8.70. The average Bonchev–Trinajstić information content (AvgIpc) is 3.64. The minimum absolute atomic E-state index is 0.0717. The first-order chi connectivity index (χ1) is 16.4. The number of rotatable bonds is 6. The summed E-state index contributed by atoms with van der Waals surface area (Å²) in [5.41, 5.74) is 8.42. The van der Waals surface area contributed by atoms with E-state index in [0.29, 0.717) is 35.4 Å². The van der Waals surface area contributed by atoms with Gasteiger partial charge in [0.05, 0.1) is 12.2 Å². The van der Waals surface area contributed by atoms with Crippen LogP contribution in [0.5, 0.6) is 11.5 Å². The van der Waals surface area contributed by atoms with E-state index in [9.17, 15) is 5.11 Å². The van der Waals surface area contributed by atoms with Gasteiger partial charge in [0.15, 0.2) is 17.5 Å². The minimum Gasteiger partial charge on any atom is -0.507 e. The summed E-state index contributed by atoms with van der Waals surface area (Å²) in [6.45, 7) is 8.64. The molecule has 5 rings (SSSR count). The summed E-state index contributed by atoms with van der Waals surface area (Å²) in [5, 5.41) is 10.8. The van der Waals surface area contributed by atoms with Crippen molar-refractivity contribution in [2.24, 2.45) is 0 Å². The van der Waals surface area contributed by atoms with Crippen LogP contribution >= 0.6 is 0 Å². The molecule has 1 aliphatic rings. The van der Waals surface area contributed by atoms with Crippen LogP contribution in [-0.4, -0.2) is 26.7 Å². The van der Waals surface area contributed by atoms with E-state index in [1.54, 1.807) is 12.1 Å². The lowest BCUT2D eigenvalue weighted by Gasteiger charge is -2.13. The van der Waals surface area contributed by atoms with Crippen LogP contribution in [0.2, 0.25) is 0 Å². The van der Waals surface area contributed by atoms with E-state index in [-0.39, 0.29) is 5.75 Å². The zero-order valence-corrected chi connectivity index (χ0v) is 19.9. The maximum Gasteiger partial charge on any atom is 0.167 e. The number of aromatic hydroxyl groups is 1. The summed E-state index contributed by atoms with van der Waals surface area (Å²) >= 11 is 0. The molecule has 0 atom stereocenters. The van der Waals surface area contributed by atoms with Crippen molar-refractivity contribution in [1.82, 2.24) is 15.0 Å². The highest BCUT2D eigenvalue weighted by Gasteiger charge is 2.18. The molecular weight excluding hydrogens is 422 g/mol. The molecule has 0 aliphatic heterocycles. The zero-order chi connectivity index (χ0) is 23.8. The molecule has 5 heteroatoms. The Labute approximate surface area is 199 Å². The van der Waals surface area contributed by atoms with E-state index in [2.05, 4.69) is 57.2 Å². The van der Waals surface area contributed by atoms with E-state index in [1.165, 1.54) is 16.7 Å². The van der Waals surface area contributed by atoms with Crippen molar-refractivity contribution in [1.29, 1.82) is 0 Å². The van der Waals surface area contributed by atoms with Crippen molar-refractivity contribution in [2.75, 3.05) is 6.61 Å². The number of hydrogen-bond donors (Lipinski definition) is 1. The smallest absolute Gasteiger partial charge is 0.167 e. The molecular formula is C29H27N3O2. The van der Waals surface area contributed by atoms with E-state index in [0.717, 1.165) is 28.7 Å². The van der Waals surface area contributed by atoms with Gasteiger partial charge in [-0.2, -0.15) is 0 Å². The number of allylic oxidation sites excluding steroid dienone is 2. The summed E-state index contributed by atoms with van der Waals surface area (Å²) in [6, 6.07) is 17.8. The fraction of sp³-hybridized carbons (Fsp3) is 0.207. The fourth-order valence-corrected chi connectivity index (χ4v) is 4.16. The highest BCUT2D eigenvalue weighted by Crippen LogP contribution is 2.36. The van der Waals surface area contributed by atoms with E-state index in [4.69, 9.17) is 19.7 Å². The van der Waals surface area contributed by atoms with Crippen LogP contribution in [0.25, 0.3) is 39.7 Å². The lowest BCUT2D eigenvalue weighted by atomic mass is 10.0. The quantitative estimate of drug-likeness (QED) is 0.355. The van der Waals surface area contributed by atoms with Crippen molar-refractivity contribution in [3.8, 4) is 45.7 Å². The lowest BCUT2D eigenvalue weighted by molar-refractivity contribution is 0.338. The summed E-state index contributed by atoms with van der Waals surface area (Å²) in [5.74, 6) is 2.27. The average molecular weight is 450 g/mol. The first-order valence-corrected chi connectivity index (χ1v) is 11.5. The van der Waals surface area contributed by atoms with Crippen molar-refractivity contribution in [3.05, 3.63) is 82.9 Å². The fourth-order valence-electron chi connectivity index (χ4n) is 4.16. The van der Waals surface area contributed by atoms with Crippen molar-refractivity contribution < 1.29 is 9.84 Å². The molecule has 1 N–H and O–H groups in total. The second kappa shape index (κ2) is 8.75. The van der Waals surface area contributed by atoms with Gasteiger partial charge in [-0.05, 0) is 68.5 Å². The van der Waals surface area contributed by atoms with Crippen LogP contribution < -0.4 is 4.74 Å². The Balaban J connectivity index is 1.68. The number of nitrogens with zero attached hydrogens (tertiary/aromatic N) is 3. The molecule has 0 amide bonds. The first kappa shape index (κ1) is 21.8. The standard InChI is InChI=1S/C29H27N3O2/c1-5-34-22-10-13-25(26(33)16-22)29-31-27(23-11-6-17(2)14-18(23)3)30-28(32-29)24-12-9-21(15-19(24)4)20-7-8-20/h6-7,9-16,33H,5,8H2,1-4H3. The number of hydrogen-bond acceptors (Lipinski definition) is 5. The molecule has 1 heterocycles. The molecule has 0 saturated heterocycles. The van der Waals surface area contributed by atoms with Crippen LogP contribution in [0.15, 0.2) is 60.7 Å². The topological polar surface area (TPSA) is 68.1 Å². The van der Waals surface area contributed by atoms with Crippen molar-refractivity contribution >= 4 is 5.57 Å². The highest BCUT2D eigenvalue weighted by atomic mass is 16.5. The van der Waals surface area contributed by atoms with Crippen LogP contribution in [0.1, 0.15) is 35.6 Å². The Morgan fingerprint density at radius 2 is 1.35 bits per heavy atom. The van der Waals surface area contributed by atoms with E-state index >= 15 is 0 Å². The second-order valence-electron chi connectivity index (χ2n) is 8.70. The maximum absolute atomic E-state index is 10.8. The minimum atomic E-state index is 0.0717. The molecule has 0 fully saturated rings. The molecule has 0 radical (unpaired) electrons. The SMILES string of the molecule is CCOc1ccc(-c2nc(-c3ccc(C)cc3C)nc(-c3ccc(C4=CC4)cc3C)n2)c(O)c1. The van der Waals surface area contributed by atoms with Gasteiger partial charge in [-0.3, -0.25) is 0 Å². The molecule has 4 aromatic rings. The maximum atomic E-state index is 10.8. The van der Waals surface area contributed by atoms with Gasteiger partial charge >= 0.3 is 0 Å². The number of aryl methyl sites for hydroxylation is 3. The van der Waals surface area contributed by atoms with Gasteiger partial charge in [-0.1, -0.05) is 48.0 Å². The van der Waals surface area contributed by atoms with Gasteiger partial charge < -0.3 is 9.84 Å². The van der Waals surface area contributed by atoms with Gasteiger partial charge in [0.1, 0.15) is 11.5 Å². The molecule has 1 aliphatic carbocycles. The third kappa shape index (κ3) is 4.29. The molecule has 170 valence electrons.